The zero-order valence-electron chi connectivity index (χ0n) is 10.8. The summed E-state index contributed by atoms with van der Waals surface area (Å²) in [5, 5.41) is 12.4. The van der Waals surface area contributed by atoms with E-state index in [0.717, 1.165) is 17.1 Å². The zero-order chi connectivity index (χ0) is 13.5. The molecule has 2 rings (SSSR count). The molecule has 0 saturated carbocycles. The highest BCUT2D eigenvalue weighted by Gasteiger charge is 2.04. The van der Waals surface area contributed by atoms with Gasteiger partial charge < -0.3 is 15.2 Å². The SMILES string of the molecule is CNCC=C(Oc1ccccc1)c1ccc(O)cc1. The monoisotopic (exact) mass is 255 g/mol. The lowest BCUT2D eigenvalue weighted by atomic mass is 10.1. The molecule has 3 nitrogen and oxygen atoms in total. The first-order valence-corrected chi connectivity index (χ1v) is 6.16. The van der Waals surface area contributed by atoms with Gasteiger partial charge in [0, 0.05) is 12.1 Å². The second-order valence-electron chi connectivity index (χ2n) is 4.09. The van der Waals surface area contributed by atoms with Crippen molar-refractivity contribution in [2.45, 2.75) is 0 Å². The van der Waals surface area contributed by atoms with Crippen molar-refractivity contribution in [2.75, 3.05) is 13.6 Å². The smallest absolute Gasteiger partial charge is 0.131 e. The van der Waals surface area contributed by atoms with Gasteiger partial charge in [-0.1, -0.05) is 18.2 Å². The van der Waals surface area contributed by atoms with Crippen molar-refractivity contribution in [1.82, 2.24) is 5.32 Å². The van der Waals surface area contributed by atoms with Gasteiger partial charge in [-0.25, -0.2) is 0 Å². The van der Waals surface area contributed by atoms with Crippen LogP contribution in [-0.2, 0) is 0 Å². The van der Waals surface area contributed by atoms with Crippen LogP contribution in [0.5, 0.6) is 11.5 Å². The molecule has 2 N–H and O–H groups in total. The first-order chi connectivity index (χ1) is 9.29. The Morgan fingerprint density at radius 2 is 1.79 bits per heavy atom. The van der Waals surface area contributed by atoms with Gasteiger partial charge in [-0.05, 0) is 49.5 Å². The maximum Gasteiger partial charge on any atom is 0.131 e. The highest BCUT2D eigenvalue weighted by atomic mass is 16.5. The Morgan fingerprint density at radius 1 is 1.11 bits per heavy atom. The Morgan fingerprint density at radius 3 is 2.42 bits per heavy atom. The summed E-state index contributed by atoms with van der Waals surface area (Å²) in [7, 11) is 1.88. The van der Waals surface area contributed by atoms with Gasteiger partial charge in [0.2, 0.25) is 0 Å². The molecule has 98 valence electrons. The molecule has 0 atom stereocenters. The number of hydrogen-bond donors (Lipinski definition) is 2. The molecule has 19 heavy (non-hydrogen) atoms. The Hall–Kier alpha value is -2.26. The molecule has 0 fully saturated rings. The predicted octanol–water partition coefficient (Wildman–Crippen LogP) is 3.03. The van der Waals surface area contributed by atoms with Crippen LogP contribution in [0.25, 0.3) is 5.76 Å². The van der Waals surface area contributed by atoms with Crippen molar-refractivity contribution >= 4 is 5.76 Å². The van der Waals surface area contributed by atoms with Gasteiger partial charge in [-0.2, -0.15) is 0 Å². The van der Waals surface area contributed by atoms with E-state index in [1.807, 2.05) is 55.6 Å². The summed E-state index contributed by atoms with van der Waals surface area (Å²) in [5.74, 6) is 1.80. The normalized spacial score (nSPS) is 11.3. The Kier molecular flexibility index (Phi) is 4.59. The van der Waals surface area contributed by atoms with Crippen LogP contribution in [0.15, 0.2) is 60.7 Å². The molecule has 2 aromatic rings. The van der Waals surface area contributed by atoms with E-state index >= 15 is 0 Å². The van der Waals surface area contributed by atoms with E-state index in [-0.39, 0.29) is 5.75 Å². The van der Waals surface area contributed by atoms with Crippen molar-refractivity contribution in [2.24, 2.45) is 0 Å². The molecule has 0 aliphatic rings. The average molecular weight is 255 g/mol. The van der Waals surface area contributed by atoms with Gasteiger partial charge in [0.1, 0.15) is 17.3 Å². The van der Waals surface area contributed by atoms with E-state index in [9.17, 15) is 5.11 Å². The maximum absolute atomic E-state index is 9.33. The minimum atomic E-state index is 0.247. The van der Waals surface area contributed by atoms with Crippen LogP contribution in [-0.4, -0.2) is 18.7 Å². The van der Waals surface area contributed by atoms with Gasteiger partial charge in [-0.15, -0.1) is 0 Å². The van der Waals surface area contributed by atoms with Crippen LogP contribution in [0.1, 0.15) is 5.56 Å². The van der Waals surface area contributed by atoms with Gasteiger partial charge in [0.15, 0.2) is 0 Å². The highest BCUT2D eigenvalue weighted by molar-refractivity contribution is 5.62. The second-order valence-corrected chi connectivity index (χ2v) is 4.09. The summed E-state index contributed by atoms with van der Waals surface area (Å²) in [5.41, 5.74) is 0.928. The maximum atomic E-state index is 9.33. The van der Waals surface area contributed by atoms with E-state index in [1.54, 1.807) is 12.1 Å². The number of phenols is 1. The summed E-state index contributed by atoms with van der Waals surface area (Å²) >= 11 is 0. The molecule has 0 aliphatic carbocycles. The quantitative estimate of drug-likeness (QED) is 0.807. The third-order valence-electron chi connectivity index (χ3n) is 2.61. The molecule has 0 saturated heterocycles. The van der Waals surface area contributed by atoms with Crippen LogP contribution in [0, 0.1) is 0 Å². The minimum Gasteiger partial charge on any atom is -0.508 e. The van der Waals surface area contributed by atoms with Gasteiger partial charge >= 0.3 is 0 Å². The van der Waals surface area contributed by atoms with E-state index in [0.29, 0.717) is 6.54 Å². The molecule has 0 aromatic heterocycles. The number of para-hydroxylation sites is 1. The number of rotatable bonds is 5. The van der Waals surface area contributed by atoms with Crippen molar-refractivity contribution in [3.63, 3.8) is 0 Å². The predicted molar refractivity (Wildman–Crippen MR) is 77.1 cm³/mol. The summed E-state index contributed by atoms with van der Waals surface area (Å²) in [6.07, 6.45) is 1.97. The number of hydrogen-bond acceptors (Lipinski definition) is 3. The van der Waals surface area contributed by atoms with Crippen molar-refractivity contribution in [1.29, 1.82) is 0 Å². The molecule has 3 heteroatoms. The summed E-state index contributed by atoms with van der Waals surface area (Å²) in [4.78, 5) is 0. The van der Waals surface area contributed by atoms with E-state index < -0.39 is 0 Å². The van der Waals surface area contributed by atoms with Gasteiger partial charge in [0.25, 0.3) is 0 Å². The lowest BCUT2D eigenvalue weighted by Gasteiger charge is -2.11. The summed E-state index contributed by atoms with van der Waals surface area (Å²) < 4.78 is 5.88. The lowest BCUT2D eigenvalue weighted by molar-refractivity contribution is 0.475. The van der Waals surface area contributed by atoms with Crippen LogP contribution < -0.4 is 10.1 Å². The third kappa shape index (κ3) is 3.86. The van der Waals surface area contributed by atoms with Crippen LogP contribution >= 0.6 is 0 Å². The second kappa shape index (κ2) is 6.61. The number of likely N-dealkylation sites (N-methyl/N-ethyl adjacent to an activating group) is 1. The van der Waals surface area contributed by atoms with E-state index in [1.165, 1.54) is 0 Å². The summed E-state index contributed by atoms with van der Waals surface area (Å²) in [6, 6.07) is 16.6. The van der Waals surface area contributed by atoms with E-state index in [4.69, 9.17) is 4.74 Å². The van der Waals surface area contributed by atoms with E-state index in [2.05, 4.69) is 5.32 Å². The number of ether oxygens (including phenoxy) is 1. The van der Waals surface area contributed by atoms with Crippen LogP contribution in [0.3, 0.4) is 0 Å². The molecule has 0 spiro atoms. The molecule has 0 bridgehead atoms. The summed E-state index contributed by atoms with van der Waals surface area (Å²) in [6.45, 7) is 0.711. The van der Waals surface area contributed by atoms with Gasteiger partial charge in [0.05, 0.1) is 0 Å². The van der Waals surface area contributed by atoms with Crippen LogP contribution in [0.4, 0.5) is 0 Å². The molecule has 2 aromatic carbocycles. The number of nitrogens with one attached hydrogen (secondary N) is 1. The topological polar surface area (TPSA) is 41.5 Å². The van der Waals surface area contributed by atoms with Crippen molar-refractivity contribution in [3.05, 3.63) is 66.2 Å². The standard InChI is InChI=1S/C16H17NO2/c1-17-12-11-16(13-7-9-14(18)10-8-13)19-15-5-3-2-4-6-15/h2-11,17-18H,12H2,1H3. The Balaban J connectivity index is 2.24. The number of aromatic hydroxyl groups is 1. The molecule has 0 aliphatic heterocycles. The minimum absolute atomic E-state index is 0.247. The van der Waals surface area contributed by atoms with Crippen molar-refractivity contribution in [3.8, 4) is 11.5 Å². The van der Waals surface area contributed by atoms with Gasteiger partial charge in [-0.3, -0.25) is 0 Å². The molecule has 0 heterocycles. The molecular weight excluding hydrogens is 238 g/mol. The fourth-order valence-electron chi connectivity index (χ4n) is 1.65. The first-order valence-electron chi connectivity index (χ1n) is 6.16. The third-order valence-corrected chi connectivity index (χ3v) is 2.61. The molecule has 0 radical (unpaired) electrons. The highest BCUT2D eigenvalue weighted by Crippen LogP contribution is 2.22. The lowest BCUT2D eigenvalue weighted by Crippen LogP contribution is -2.07. The Bertz CT molecular complexity index is 532. The fraction of sp³-hybridized carbons (Fsp3) is 0.125. The number of benzene rings is 2. The molecular formula is C16H17NO2. The van der Waals surface area contributed by atoms with Crippen LogP contribution in [0.2, 0.25) is 0 Å². The molecule has 0 unspecified atom stereocenters. The number of phenolic OH excluding ortho intramolecular Hbond substituents is 1. The zero-order valence-corrected chi connectivity index (χ0v) is 10.8. The average Bonchev–Trinajstić information content (AvgIpc) is 2.45. The molecule has 0 amide bonds. The first kappa shape index (κ1) is 13.2. The Labute approximate surface area is 113 Å². The fourth-order valence-corrected chi connectivity index (χ4v) is 1.65. The van der Waals surface area contributed by atoms with Crippen molar-refractivity contribution < 1.29 is 9.84 Å². The largest absolute Gasteiger partial charge is 0.508 e.